The molecule has 150 valence electrons. The summed E-state index contributed by atoms with van der Waals surface area (Å²) in [5, 5.41) is 2.89. The van der Waals surface area contributed by atoms with E-state index in [1.54, 1.807) is 18.2 Å². The standard InChI is InChI=1S/C21H26N2O4S/c1-16-13-19-14-18(9-10-20(19)23(16)28(2,25)26)21(24)22-11-6-12-27-15-17-7-4-3-5-8-17/h3-5,7-10,14,16H,6,11-13,15H2,1-2H3,(H,22,24). The van der Waals surface area contributed by atoms with Crippen molar-refractivity contribution in [2.45, 2.75) is 32.4 Å². The van der Waals surface area contributed by atoms with E-state index < -0.39 is 10.0 Å². The van der Waals surface area contributed by atoms with Gasteiger partial charge in [-0.3, -0.25) is 9.10 Å². The van der Waals surface area contributed by atoms with Crippen LogP contribution in [0.2, 0.25) is 0 Å². The number of carbonyl (C=O) groups excluding carboxylic acids is 1. The number of nitrogens with one attached hydrogen (secondary N) is 1. The number of ether oxygens (including phenoxy) is 1. The summed E-state index contributed by atoms with van der Waals surface area (Å²) in [6, 6.07) is 15.0. The molecule has 6 nitrogen and oxygen atoms in total. The zero-order valence-electron chi connectivity index (χ0n) is 16.2. The van der Waals surface area contributed by atoms with Gasteiger partial charge in [0.15, 0.2) is 0 Å². The molecule has 2 aromatic rings. The number of benzene rings is 2. The summed E-state index contributed by atoms with van der Waals surface area (Å²) in [6.07, 6.45) is 2.54. The Morgan fingerprint density at radius 2 is 1.96 bits per heavy atom. The predicted octanol–water partition coefficient (Wildman–Crippen LogP) is 2.73. The van der Waals surface area contributed by atoms with Crippen LogP contribution in [0, 0.1) is 0 Å². The summed E-state index contributed by atoms with van der Waals surface area (Å²) in [4.78, 5) is 12.4. The third-order valence-electron chi connectivity index (χ3n) is 4.71. The molecule has 0 fully saturated rings. The number of anilines is 1. The lowest BCUT2D eigenvalue weighted by molar-refractivity contribution is 0.0934. The molecule has 1 aliphatic heterocycles. The summed E-state index contributed by atoms with van der Waals surface area (Å²) in [5.41, 5.74) is 3.23. The molecular weight excluding hydrogens is 376 g/mol. The average molecular weight is 403 g/mol. The van der Waals surface area contributed by atoms with Gasteiger partial charge in [-0.1, -0.05) is 30.3 Å². The van der Waals surface area contributed by atoms with Crippen molar-refractivity contribution >= 4 is 21.6 Å². The molecule has 0 saturated carbocycles. The van der Waals surface area contributed by atoms with Gasteiger partial charge >= 0.3 is 0 Å². The molecule has 1 atom stereocenters. The Bertz CT molecular complexity index is 929. The minimum Gasteiger partial charge on any atom is -0.377 e. The van der Waals surface area contributed by atoms with Crippen LogP contribution in [0.3, 0.4) is 0 Å². The van der Waals surface area contributed by atoms with Crippen LogP contribution in [0.25, 0.3) is 0 Å². The molecule has 1 aliphatic rings. The molecule has 0 saturated heterocycles. The molecule has 0 spiro atoms. The summed E-state index contributed by atoms with van der Waals surface area (Å²) < 4.78 is 31.0. The largest absolute Gasteiger partial charge is 0.377 e. The molecule has 1 unspecified atom stereocenters. The fourth-order valence-corrected chi connectivity index (χ4v) is 4.76. The van der Waals surface area contributed by atoms with E-state index in [4.69, 9.17) is 4.74 Å². The van der Waals surface area contributed by atoms with Crippen LogP contribution in [-0.4, -0.2) is 39.8 Å². The van der Waals surface area contributed by atoms with Crippen molar-refractivity contribution in [2.24, 2.45) is 0 Å². The van der Waals surface area contributed by atoms with E-state index in [0.29, 0.717) is 37.4 Å². The molecule has 3 rings (SSSR count). The highest BCUT2D eigenvalue weighted by Crippen LogP contribution is 2.34. The van der Waals surface area contributed by atoms with Gasteiger partial charge in [0.2, 0.25) is 10.0 Å². The second-order valence-corrected chi connectivity index (χ2v) is 8.96. The molecule has 0 aliphatic carbocycles. The second-order valence-electron chi connectivity index (χ2n) is 7.10. The van der Waals surface area contributed by atoms with Gasteiger partial charge in [0, 0.05) is 24.8 Å². The van der Waals surface area contributed by atoms with E-state index in [9.17, 15) is 13.2 Å². The summed E-state index contributed by atoms with van der Waals surface area (Å²) >= 11 is 0. The molecule has 2 aromatic carbocycles. The maximum Gasteiger partial charge on any atom is 0.251 e. The number of fused-ring (bicyclic) bond motifs is 1. The molecule has 0 bridgehead atoms. The van der Waals surface area contributed by atoms with Gasteiger partial charge in [0.25, 0.3) is 5.91 Å². The molecule has 28 heavy (non-hydrogen) atoms. The van der Waals surface area contributed by atoms with Crippen molar-refractivity contribution < 1.29 is 17.9 Å². The number of carbonyl (C=O) groups is 1. The first-order chi connectivity index (χ1) is 13.4. The SMILES string of the molecule is CC1Cc2cc(C(=O)NCCCOCc3ccccc3)ccc2N1S(C)(=O)=O. The topological polar surface area (TPSA) is 75.7 Å². The van der Waals surface area contributed by atoms with Gasteiger partial charge < -0.3 is 10.1 Å². The fourth-order valence-electron chi connectivity index (χ4n) is 3.49. The third-order valence-corrected chi connectivity index (χ3v) is 5.99. The van der Waals surface area contributed by atoms with E-state index in [0.717, 1.165) is 17.5 Å². The van der Waals surface area contributed by atoms with Gasteiger partial charge in [-0.05, 0) is 49.1 Å². The lowest BCUT2D eigenvalue weighted by atomic mass is 10.1. The zero-order valence-corrected chi connectivity index (χ0v) is 17.0. The number of nitrogens with zero attached hydrogens (tertiary/aromatic N) is 1. The number of amides is 1. The molecule has 7 heteroatoms. The maximum atomic E-state index is 12.4. The van der Waals surface area contributed by atoms with Crippen LogP contribution < -0.4 is 9.62 Å². The number of hydrogen-bond donors (Lipinski definition) is 1. The van der Waals surface area contributed by atoms with Crippen LogP contribution >= 0.6 is 0 Å². The Labute approximate surface area is 166 Å². The molecule has 1 N–H and O–H groups in total. The Kier molecular flexibility index (Phi) is 6.36. The Hall–Kier alpha value is -2.38. The van der Waals surface area contributed by atoms with Crippen molar-refractivity contribution in [2.75, 3.05) is 23.7 Å². The minimum atomic E-state index is -3.32. The summed E-state index contributed by atoms with van der Waals surface area (Å²) in [5.74, 6) is -0.156. The third kappa shape index (κ3) is 4.91. The van der Waals surface area contributed by atoms with Crippen LogP contribution in [0.15, 0.2) is 48.5 Å². The van der Waals surface area contributed by atoms with Crippen LogP contribution in [0.4, 0.5) is 5.69 Å². The number of sulfonamides is 1. The van der Waals surface area contributed by atoms with Gasteiger partial charge in [-0.25, -0.2) is 8.42 Å². The van der Waals surface area contributed by atoms with Crippen molar-refractivity contribution in [3.8, 4) is 0 Å². The molecule has 1 amide bonds. The maximum absolute atomic E-state index is 12.4. The number of hydrogen-bond acceptors (Lipinski definition) is 4. The van der Waals surface area contributed by atoms with Gasteiger partial charge in [-0.2, -0.15) is 0 Å². The fraction of sp³-hybridized carbons (Fsp3) is 0.381. The predicted molar refractivity (Wildman–Crippen MR) is 110 cm³/mol. The highest BCUT2D eigenvalue weighted by molar-refractivity contribution is 7.92. The van der Waals surface area contributed by atoms with Crippen molar-refractivity contribution in [3.05, 3.63) is 65.2 Å². The van der Waals surface area contributed by atoms with E-state index >= 15 is 0 Å². The van der Waals surface area contributed by atoms with Crippen molar-refractivity contribution in [3.63, 3.8) is 0 Å². The summed E-state index contributed by atoms with van der Waals surface area (Å²) in [7, 11) is -3.32. The van der Waals surface area contributed by atoms with Crippen molar-refractivity contribution in [1.29, 1.82) is 0 Å². The van der Waals surface area contributed by atoms with E-state index in [-0.39, 0.29) is 11.9 Å². The summed E-state index contributed by atoms with van der Waals surface area (Å²) in [6.45, 7) is 3.53. The highest BCUT2D eigenvalue weighted by atomic mass is 32.2. The van der Waals surface area contributed by atoms with Gasteiger partial charge in [-0.15, -0.1) is 0 Å². The lowest BCUT2D eigenvalue weighted by Gasteiger charge is -2.21. The first-order valence-electron chi connectivity index (χ1n) is 9.38. The highest BCUT2D eigenvalue weighted by Gasteiger charge is 2.32. The monoisotopic (exact) mass is 402 g/mol. The van der Waals surface area contributed by atoms with E-state index in [1.807, 2.05) is 37.3 Å². The van der Waals surface area contributed by atoms with Gasteiger partial charge in [0.05, 0.1) is 18.6 Å². The lowest BCUT2D eigenvalue weighted by Crippen LogP contribution is -2.34. The Balaban J connectivity index is 1.47. The minimum absolute atomic E-state index is 0.134. The molecular formula is C21H26N2O4S. The van der Waals surface area contributed by atoms with E-state index in [1.165, 1.54) is 10.6 Å². The van der Waals surface area contributed by atoms with Crippen molar-refractivity contribution in [1.82, 2.24) is 5.32 Å². The molecule has 0 radical (unpaired) electrons. The molecule has 1 heterocycles. The van der Waals surface area contributed by atoms with E-state index in [2.05, 4.69) is 5.32 Å². The van der Waals surface area contributed by atoms with Gasteiger partial charge in [0.1, 0.15) is 0 Å². The Morgan fingerprint density at radius 1 is 1.21 bits per heavy atom. The van der Waals surface area contributed by atoms with Crippen LogP contribution in [0.5, 0.6) is 0 Å². The van der Waals surface area contributed by atoms with Crippen LogP contribution in [-0.2, 0) is 27.8 Å². The normalized spacial score (nSPS) is 16.1. The zero-order chi connectivity index (χ0) is 20.1. The second kappa shape index (κ2) is 8.75. The first kappa shape index (κ1) is 20.4. The quantitative estimate of drug-likeness (QED) is 0.689. The number of rotatable bonds is 8. The smallest absolute Gasteiger partial charge is 0.251 e. The first-order valence-corrected chi connectivity index (χ1v) is 11.2. The molecule has 0 aromatic heterocycles. The Morgan fingerprint density at radius 3 is 2.68 bits per heavy atom. The average Bonchev–Trinajstić information content (AvgIpc) is 3.00. The van der Waals surface area contributed by atoms with Crippen LogP contribution in [0.1, 0.15) is 34.8 Å².